The van der Waals surface area contributed by atoms with Crippen LogP contribution in [0.15, 0.2) is 0 Å². The standard InChI is InChI=1S/C18H31N5O6/c1-9(14(25)15(20)26)21-16(27)11-3-5-22(7-11)17(28)12-4-6-23(8-12)18(29)13(19)10(2)24/h9-14,24-25H,3-8,19H2,1-2H3,(H2,20,26)(H,21,27)/t9-,10+,11?,12-,13-,14+/m0/s1. The molecule has 2 heterocycles. The number of primary amides is 1. The summed E-state index contributed by atoms with van der Waals surface area (Å²) in [6.45, 7) is 4.22. The molecule has 1 unspecified atom stereocenters. The van der Waals surface area contributed by atoms with Gasteiger partial charge in [0.25, 0.3) is 0 Å². The van der Waals surface area contributed by atoms with E-state index in [1.165, 1.54) is 18.7 Å². The third kappa shape index (κ3) is 5.43. The Balaban J connectivity index is 1.85. The molecule has 0 radical (unpaired) electrons. The van der Waals surface area contributed by atoms with Crippen molar-refractivity contribution >= 4 is 23.6 Å². The molecule has 164 valence electrons. The first-order chi connectivity index (χ1) is 13.5. The summed E-state index contributed by atoms with van der Waals surface area (Å²) in [5.41, 5.74) is 10.7. The van der Waals surface area contributed by atoms with Crippen LogP contribution in [0.5, 0.6) is 0 Å². The zero-order valence-corrected chi connectivity index (χ0v) is 16.8. The predicted octanol–water partition coefficient (Wildman–Crippen LogP) is -3.26. The fraction of sp³-hybridized carbons (Fsp3) is 0.778. The molecule has 11 nitrogen and oxygen atoms in total. The summed E-state index contributed by atoms with van der Waals surface area (Å²) >= 11 is 0. The van der Waals surface area contributed by atoms with Crippen LogP contribution in [-0.2, 0) is 19.2 Å². The van der Waals surface area contributed by atoms with Crippen LogP contribution in [0.4, 0.5) is 0 Å². The lowest BCUT2D eigenvalue weighted by Crippen LogP contribution is -2.49. The van der Waals surface area contributed by atoms with Crippen molar-refractivity contribution in [2.45, 2.75) is 51.0 Å². The molecule has 2 rings (SSSR count). The van der Waals surface area contributed by atoms with E-state index in [1.807, 2.05) is 0 Å². The van der Waals surface area contributed by atoms with E-state index in [0.717, 1.165) is 0 Å². The summed E-state index contributed by atoms with van der Waals surface area (Å²) in [5, 5.41) is 21.6. The fourth-order valence-corrected chi connectivity index (χ4v) is 3.68. The van der Waals surface area contributed by atoms with Crippen LogP contribution >= 0.6 is 0 Å². The minimum Gasteiger partial charge on any atom is -0.391 e. The molecule has 0 aromatic heterocycles. The number of aliphatic hydroxyl groups is 2. The molecule has 2 fully saturated rings. The van der Waals surface area contributed by atoms with Crippen molar-refractivity contribution in [1.82, 2.24) is 15.1 Å². The number of aliphatic hydroxyl groups excluding tert-OH is 2. The quantitative estimate of drug-likeness (QED) is 0.290. The Morgan fingerprint density at radius 1 is 1.00 bits per heavy atom. The van der Waals surface area contributed by atoms with Crippen molar-refractivity contribution in [1.29, 1.82) is 0 Å². The van der Waals surface area contributed by atoms with E-state index in [0.29, 0.717) is 25.9 Å². The second-order valence-corrected chi connectivity index (χ2v) is 7.95. The number of amides is 4. The van der Waals surface area contributed by atoms with Crippen LogP contribution in [-0.4, -0.2) is 94.1 Å². The summed E-state index contributed by atoms with van der Waals surface area (Å²) in [6, 6.07) is -1.83. The molecule has 0 aromatic carbocycles. The Hall–Kier alpha value is -2.24. The molecule has 0 aliphatic carbocycles. The van der Waals surface area contributed by atoms with Gasteiger partial charge in [-0.1, -0.05) is 0 Å². The molecule has 2 aliphatic rings. The van der Waals surface area contributed by atoms with Gasteiger partial charge in [0, 0.05) is 26.2 Å². The Morgan fingerprint density at radius 3 is 2.14 bits per heavy atom. The fourth-order valence-electron chi connectivity index (χ4n) is 3.68. The molecule has 2 aliphatic heterocycles. The first-order valence-corrected chi connectivity index (χ1v) is 9.81. The Bertz CT molecular complexity index is 657. The number of likely N-dealkylation sites (tertiary alicyclic amines) is 2. The molecule has 0 spiro atoms. The summed E-state index contributed by atoms with van der Waals surface area (Å²) in [4.78, 5) is 51.5. The number of carbonyl (C=O) groups excluding carboxylic acids is 4. The van der Waals surface area contributed by atoms with Crippen molar-refractivity contribution in [2.24, 2.45) is 23.3 Å². The van der Waals surface area contributed by atoms with E-state index in [9.17, 15) is 29.4 Å². The number of nitrogens with one attached hydrogen (secondary N) is 1. The second kappa shape index (κ2) is 9.51. The molecular formula is C18H31N5O6. The van der Waals surface area contributed by atoms with Gasteiger partial charge in [-0.15, -0.1) is 0 Å². The SMILES string of the molecule is C[C@H](NC(=O)C1CCN(C(=O)[C@H]2CCN(C(=O)[C@@H](N)[C@@H](C)O)C2)C1)[C@@H](O)C(N)=O. The zero-order valence-electron chi connectivity index (χ0n) is 16.8. The van der Waals surface area contributed by atoms with E-state index in [4.69, 9.17) is 11.5 Å². The first-order valence-electron chi connectivity index (χ1n) is 9.81. The van der Waals surface area contributed by atoms with E-state index < -0.39 is 36.1 Å². The van der Waals surface area contributed by atoms with Crippen molar-refractivity contribution in [2.75, 3.05) is 26.2 Å². The molecule has 4 amide bonds. The van der Waals surface area contributed by atoms with Gasteiger partial charge in [-0.2, -0.15) is 0 Å². The van der Waals surface area contributed by atoms with Gasteiger partial charge in [-0.25, -0.2) is 0 Å². The van der Waals surface area contributed by atoms with Crippen LogP contribution in [0, 0.1) is 11.8 Å². The van der Waals surface area contributed by atoms with Crippen LogP contribution in [0.2, 0.25) is 0 Å². The summed E-state index contributed by atoms with van der Waals surface area (Å²) in [5.74, 6) is -2.57. The van der Waals surface area contributed by atoms with Gasteiger partial charge in [0.05, 0.1) is 24.0 Å². The molecule has 0 aromatic rings. The third-order valence-electron chi connectivity index (χ3n) is 5.66. The van der Waals surface area contributed by atoms with Crippen LogP contribution in [0.3, 0.4) is 0 Å². The largest absolute Gasteiger partial charge is 0.391 e. The molecule has 0 bridgehead atoms. The van der Waals surface area contributed by atoms with E-state index in [1.54, 1.807) is 4.90 Å². The van der Waals surface area contributed by atoms with Gasteiger partial charge in [0.15, 0.2) is 6.10 Å². The van der Waals surface area contributed by atoms with E-state index in [2.05, 4.69) is 5.32 Å². The minimum absolute atomic E-state index is 0.119. The number of nitrogens with two attached hydrogens (primary N) is 2. The smallest absolute Gasteiger partial charge is 0.248 e. The average molecular weight is 413 g/mol. The van der Waals surface area contributed by atoms with Gasteiger partial charge >= 0.3 is 0 Å². The summed E-state index contributed by atoms with van der Waals surface area (Å²) in [6.07, 6.45) is -1.47. The van der Waals surface area contributed by atoms with E-state index in [-0.39, 0.29) is 36.7 Å². The Labute approximate surface area is 169 Å². The summed E-state index contributed by atoms with van der Waals surface area (Å²) < 4.78 is 0. The molecular weight excluding hydrogens is 382 g/mol. The number of nitrogens with zero attached hydrogens (tertiary/aromatic N) is 2. The molecule has 7 N–H and O–H groups in total. The normalized spacial score (nSPS) is 26.0. The maximum Gasteiger partial charge on any atom is 0.248 e. The topological polar surface area (TPSA) is 179 Å². The van der Waals surface area contributed by atoms with Crippen molar-refractivity contribution in [3.8, 4) is 0 Å². The highest BCUT2D eigenvalue weighted by molar-refractivity contribution is 5.86. The molecule has 6 atom stereocenters. The Morgan fingerprint density at radius 2 is 1.55 bits per heavy atom. The third-order valence-corrected chi connectivity index (χ3v) is 5.66. The summed E-state index contributed by atoms with van der Waals surface area (Å²) in [7, 11) is 0. The van der Waals surface area contributed by atoms with Crippen molar-refractivity contribution in [3.63, 3.8) is 0 Å². The molecule has 2 saturated heterocycles. The van der Waals surface area contributed by atoms with Crippen molar-refractivity contribution < 1.29 is 29.4 Å². The number of hydrogen-bond donors (Lipinski definition) is 5. The lowest BCUT2D eigenvalue weighted by molar-refractivity contribution is -0.136. The number of rotatable bonds is 7. The maximum atomic E-state index is 12.8. The van der Waals surface area contributed by atoms with Gasteiger partial charge in [0.2, 0.25) is 23.6 Å². The lowest BCUT2D eigenvalue weighted by atomic mass is 10.1. The van der Waals surface area contributed by atoms with Crippen LogP contribution in [0.25, 0.3) is 0 Å². The second-order valence-electron chi connectivity index (χ2n) is 7.95. The predicted molar refractivity (Wildman–Crippen MR) is 102 cm³/mol. The number of hydrogen-bond acceptors (Lipinski definition) is 7. The Kier molecular flexibility index (Phi) is 7.55. The molecule has 29 heavy (non-hydrogen) atoms. The van der Waals surface area contributed by atoms with Gasteiger partial charge < -0.3 is 36.8 Å². The average Bonchev–Trinajstić information content (AvgIpc) is 3.35. The monoisotopic (exact) mass is 413 g/mol. The molecule has 11 heteroatoms. The van der Waals surface area contributed by atoms with Crippen molar-refractivity contribution in [3.05, 3.63) is 0 Å². The minimum atomic E-state index is -1.48. The highest BCUT2D eigenvalue weighted by Crippen LogP contribution is 2.24. The van der Waals surface area contributed by atoms with Gasteiger partial charge in [-0.3, -0.25) is 19.2 Å². The molecule has 0 saturated carbocycles. The lowest BCUT2D eigenvalue weighted by Gasteiger charge is -2.24. The van der Waals surface area contributed by atoms with E-state index >= 15 is 0 Å². The number of carbonyl (C=O) groups is 4. The van der Waals surface area contributed by atoms with Crippen LogP contribution in [0.1, 0.15) is 26.7 Å². The first kappa shape index (κ1) is 23.0. The highest BCUT2D eigenvalue weighted by atomic mass is 16.3. The highest BCUT2D eigenvalue weighted by Gasteiger charge is 2.39. The zero-order chi connectivity index (χ0) is 21.9. The van der Waals surface area contributed by atoms with Gasteiger partial charge in [-0.05, 0) is 26.7 Å². The van der Waals surface area contributed by atoms with Crippen LogP contribution < -0.4 is 16.8 Å². The van der Waals surface area contributed by atoms with Gasteiger partial charge in [0.1, 0.15) is 6.04 Å². The maximum absolute atomic E-state index is 12.8.